The molecule has 1 unspecified atom stereocenters. The number of likely N-dealkylation sites (tertiary alicyclic amines) is 1. The summed E-state index contributed by atoms with van der Waals surface area (Å²) in [5.74, 6) is -2.23. The molecule has 1 saturated heterocycles. The molecule has 0 aromatic heterocycles. The van der Waals surface area contributed by atoms with E-state index in [0.717, 1.165) is 24.0 Å². The van der Waals surface area contributed by atoms with Crippen LogP contribution < -0.4 is 16.0 Å². The molecule has 44 heavy (non-hydrogen) atoms. The number of carbonyl (C=O) groups is 5. The van der Waals surface area contributed by atoms with Crippen molar-refractivity contribution in [3.8, 4) is 0 Å². The second kappa shape index (κ2) is 17.4. The number of ketones is 1. The summed E-state index contributed by atoms with van der Waals surface area (Å²) < 4.78 is 5.40. The summed E-state index contributed by atoms with van der Waals surface area (Å²) in [5.41, 5.74) is 2.27. The molecule has 2 fully saturated rings. The fourth-order valence-corrected chi connectivity index (χ4v) is 5.57. The van der Waals surface area contributed by atoms with Gasteiger partial charge >= 0.3 is 6.09 Å². The van der Waals surface area contributed by atoms with Crippen LogP contribution in [0.4, 0.5) is 4.79 Å². The largest absolute Gasteiger partial charge is 0.449 e. The van der Waals surface area contributed by atoms with Gasteiger partial charge in [-0.3, -0.25) is 19.2 Å². The highest BCUT2D eigenvalue weighted by atomic mass is 16.5. The molecular weight excluding hydrogens is 560 g/mol. The molecule has 0 radical (unpaired) electrons. The van der Waals surface area contributed by atoms with Gasteiger partial charge in [0.1, 0.15) is 12.1 Å². The van der Waals surface area contributed by atoms with E-state index in [2.05, 4.69) is 43.0 Å². The zero-order valence-corrected chi connectivity index (χ0v) is 26.1. The van der Waals surface area contributed by atoms with Gasteiger partial charge in [0.15, 0.2) is 0 Å². The molecule has 1 aromatic rings. The Kier molecular flexibility index (Phi) is 13.6. The predicted octanol–water partition coefficient (Wildman–Crippen LogP) is 3.64. The van der Waals surface area contributed by atoms with Crippen molar-refractivity contribution in [3.63, 3.8) is 0 Å². The number of benzene rings is 1. The van der Waals surface area contributed by atoms with Gasteiger partial charge in [0.2, 0.25) is 17.6 Å². The smallest absolute Gasteiger partial charge is 0.407 e. The molecule has 3 N–H and O–H groups in total. The number of alkyl carbamates (subject to hydrolysis) is 1. The topological polar surface area (TPSA) is 134 Å². The van der Waals surface area contributed by atoms with Crippen LogP contribution in [-0.2, 0) is 36.8 Å². The third-order valence-corrected chi connectivity index (χ3v) is 8.00. The average Bonchev–Trinajstić information content (AvgIpc) is 3.54. The molecule has 3 aliphatic rings. The lowest BCUT2D eigenvalue weighted by molar-refractivity contribution is -0.143. The number of allylic oxidation sites excluding steroid dienone is 1. The maximum Gasteiger partial charge on any atom is 0.407 e. The van der Waals surface area contributed by atoms with E-state index in [-0.39, 0.29) is 24.8 Å². The van der Waals surface area contributed by atoms with Crippen molar-refractivity contribution in [2.45, 2.75) is 89.8 Å². The minimum Gasteiger partial charge on any atom is -0.449 e. The van der Waals surface area contributed by atoms with Gasteiger partial charge in [-0.1, -0.05) is 56.7 Å². The van der Waals surface area contributed by atoms with Gasteiger partial charge in [-0.2, -0.15) is 0 Å². The first kappa shape index (κ1) is 34.5. The Balaban J connectivity index is 0.00000169. The molecule has 1 saturated carbocycles. The Hall–Kier alpha value is -3.95. The zero-order valence-electron chi connectivity index (χ0n) is 26.1. The summed E-state index contributed by atoms with van der Waals surface area (Å²) in [7, 11) is 0. The highest BCUT2D eigenvalue weighted by molar-refractivity contribution is 6.38. The molecule has 10 nitrogen and oxygen atoms in total. The monoisotopic (exact) mass is 608 g/mol. The maximum absolute atomic E-state index is 14.0. The second-order valence-corrected chi connectivity index (χ2v) is 11.8. The van der Waals surface area contributed by atoms with Crippen molar-refractivity contribution >= 4 is 29.6 Å². The van der Waals surface area contributed by atoms with Crippen LogP contribution in [0, 0.1) is 11.8 Å². The van der Waals surface area contributed by atoms with E-state index >= 15 is 0 Å². The number of nitrogens with one attached hydrogen (secondary N) is 3. The molecule has 1 heterocycles. The van der Waals surface area contributed by atoms with E-state index in [0.29, 0.717) is 51.2 Å². The number of rotatable bonds is 14. The summed E-state index contributed by atoms with van der Waals surface area (Å²) >= 11 is 0. The van der Waals surface area contributed by atoms with E-state index in [1.165, 1.54) is 17.4 Å². The van der Waals surface area contributed by atoms with Crippen LogP contribution in [0.3, 0.4) is 0 Å². The number of fused-ring (bicyclic) bond motifs is 1. The molecular formula is C34H48N4O6. The van der Waals surface area contributed by atoms with Crippen molar-refractivity contribution in [2.75, 3.05) is 19.7 Å². The van der Waals surface area contributed by atoms with Crippen LogP contribution in [0.15, 0.2) is 49.6 Å². The van der Waals surface area contributed by atoms with Crippen LogP contribution in [0.1, 0.15) is 69.9 Å². The molecule has 0 bridgehead atoms. The van der Waals surface area contributed by atoms with E-state index in [1.54, 1.807) is 6.08 Å². The molecule has 1 aliphatic heterocycles. The first-order valence-corrected chi connectivity index (χ1v) is 15.9. The molecule has 0 spiro atoms. The summed E-state index contributed by atoms with van der Waals surface area (Å²) in [5, 5.41) is 7.99. The molecule has 240 valence electrons. The Morgan fingerprint density at radius 2 is 1.66 bits per heavy atom. The number of hydrogen-bond donors (Lipinski definition) is 3. The number of hydrogen-bond acceptors (Lipinski definition) is 6. The molecule has 4 amide bonds. The highest BCUT2D eigenvalue weighted by Gasteiger charge is 2.43. The number of ether oxygens (including phenoxy) is 1. The first-order chi connectivity index (χ1) is 21.2. The molecule has 10 heteroatoms. The van der Waals surface area contributed by atoms with E-state index in [1.807, 2.05) is 24.3 Å². The minimum absolute atomic E-state index is 0.125. The summed E-state index contributed by atoms with van der Waals surface area (Å²) in [4.78, 5) is 66.8. The van der Waals surface area contributed by atoms with Crippen LogP contribution >= 0.6 is 0 Å². The average molecular weight is 609 g/mol. The Morgan fingerprint density at radius 3 is 2.25 bits per heavy atom. The van der Waals surface area contributed by atoms with Crippen LogP contribution in [-0.4, -0.2) is 72.3 Å². The minimum atomic E-state index is -1.06. The standard InChI is InChI=1S/C31H40N4O6.C3H8/c1-3-5-11-24(27(36)29(38)32-15-4-2)33-28(37)25-12-8-16-35(25)30(39)26(34-31(40)41-19-20-13-14-20)23-17-21-9-6-7-10-22(21)18-23;1-3-2/h3-4,6-7,9-10,20,23-26H,1-2,5,8,11-19H2,(H,32,38)(H,33,37)(H,34,40);3H2,1-2H3/t24?,25-,26-;/m0./s1. The zero-order chi connectivity index (χ0) is 32.1. The van der Waals surface area contributed by atoms with E-state index in [9.17, 15) is 24.0 Å². The molecule has 2 aliphatic carbocycles. The van der Waals surface area contributed by atoms with Crippen molar-refractivity contribution < 1.29 is 28.7 Å². The van der Waals surface area contributed by atoms with Crippen molar-refractivity contribution in [1.82, 2.24) is 20.9 Å². The Morgan fingerprint density at radius 1 is 1.00 bits per heavy atom. The predicted molar refractivity (Wildman–Crippen MR) is 169 cm³/mol. The SMILES string of the molecule is C=CCCC(NC(=O)[C@@H]1CCCN1C(=O)[C@@H](NC(=O)OCC1CC1)C1Cc2ccccc2C1)C(=O)C(=O)NCC=C.CCC. The van der Waals surface area contributed by atoms with Gasteiger partial charge in [0, 0.05) is 13.1 Å². The summed E-state index contributed by atoms with van der Waals surface area (Å²) in [6.07, 6.45) is 8.61. The fraction of sp³-hybridized carbons (Fsp3) is 0.559. The van der Waals surface area contributed by atoms with Gasteiger partial charge < -0.3 is 25.6 Å². The number of Topliss-reactive ketones (excluding diaryl/α,β-unsaturated/α-hetero) is 1. The molecule has 1 aromatic carbocycles. The van der Waals surface area contributed by atoms with Gasteiger partial charge in [0.25, 0.3) is 5.91 Å². The third kappa shape index (κ3) is 9.79. The Labute approximate surface area is 261 Å². The lowest BCUT2D eigenvalue weighted by Gasteiger charge is -2.32. The van der Waals surface area contributed by atoms with Crippen LogP contribution in [0.25, 0.3) is 0 Å². The van der Waals surface area contributed by atoms with Crippen molar-refractivity contribution in [1.29, 1.82) is 0 Å². The van der Waals surface area contributed by atoms with Gasteiger partial charge in [-0.25, -0.2) is 4.79 Å². The summed E-state index contributed by atoms with van der Waals surface area (Å²) in [6, 6.07) is 5.22. The van der Waals surface area contributed by atoms with Crippen LogP contribution in [0.5, 0.6) is 0 Å². The Bertz CT molecular complexity index is 1170. The normalized spacial score (nSPS) is 18.5. The van der Waals surface area contributed by atoms with Crippen molar-refractivity contribution in [3.05, 3.63) is 60.7 Å². The fourth-order valence-electron chi connectivity index (χ4n) is 5.57. The van der Waals surface area contributed by atoms with Gasteiger partial charge in [-0.05, 0) is 74.3 Å². The van der Waals surface area contributed by atoms with E-state index < -0.39 is 41.8 Å². The van der Waals surface area contributed by atoms with Gasteiger partial charge in [0.05, 0.1) is 12.6 Å². The third-order valence-electron chi connectivity index (χ3n) is 8.00. The first-order valence-electron chi connectivity index (χ1n) is 15.9. The molecule has 3 atom stereocenters. The lowest BCUT2D eigenvalue weighted by atomic mass is 9.95. The number of amides is 4. The van der Waals surface area contributed by atoms with Crippen LogP contribution in [0.2, 0.25) is 0 Å². The van der Waals surface area contributed by atoms with Gasteiger partial charge in [-0.15, -0.1) is 13.2 Å². The van der Waals surface area contributed by atoms with E-state index in [4.69, 9.17) is 4.74 Å². The lowest BCUT2D eigenvalue weighted by Crippen LogP contribution is -2.58. The molecule has 4 rings (SSSR count). The number of carbonyl (C=O) groups excluding carboxylic acids is 5. The summed E-state index contributed by atoms with van der Waals surface area (Å²) in [6.45, 7) is 12.2. The maximum atomic E-state index is 14.0. The van der Waals surface area contributed by atoms with Crippen molar-refractivity contribution in [2.24, 2.45) is 11.8 Å². The highest BCUT2D eigenvalue weighted by Crippen LogP contribution is 2.32. The quantitative estimate of drug-likeness (QED) is 0.218. The number of nitrogens with zero attached hydrogens (tertiary/aromatic N) is 1. The second-order valence-electron chi connectivity index (χ2n) is 11.8.